The highest BCUT2D eigenvalue weighted by Gasteiger charge is 2.21. The summed E-state index contributed by atoms with van der Waals surface area (Å²) in [7, 11) is 0. The van der Waals surface area contributed by atoms with E-state index in [0.29, 0.717) is 5.56 Å². The molecule has 3 aromatic rings. The van der Waals surface area contributed by atoms with Crippen LogP contribution in [0, 0.1) is 17.5 Å². The summed E-state index contributed by atoms with van der Waals surface area (Å²) < 4.78 is 41.0. The highest BCUT2D eigenvalue weighted by Crippen LogP contribution is 2.15. The maximum absolute atomic E-state index is 13.9. The number of amides is 2. The van der Waals surface area contributed by atoms with Gasteiger partial charge in [0.1, 0.15) is 23.6 Å². The van der Waals surface area contributed by atoms with Crippen molar-refractivity contribution in [3.05, 3.63) is 107 Å². The quantitative estimate of drug-likeness (QED) is 0.654. The molecule has 0 unspecified atom stereocenters. The molecular weight excluding hydrogens is 369 g/mol. The van der Waals surface area contributed by atoms with Gasteiger partial charge in [-0.25, -0.2) is 13.2 Å². The molecule has 0 saturated carbocycles. The van der Waals surface area contributed by atoms with E-state index in [1.54, 1.807) is 0 Å². The zero-order valence-corrected chi connectivity index (χ0v) is 14.5. The molecule has 2 amide bonds. The molecule has 3 aromatic carbocycles. The van der Waals surface area contributed by atoms with Crippen molar-refractivity contribution in [2.75, 3.05) is 0 Å². The molecule has 2 N–H and O–H groups in total. The molecule has 0 heterocycles. The van der Waals surface area contributed by atoms with E-state index in [9.17, 15) is 22.8 Å². The van der Waals surface area contributed by atoms with Gasteiger partial charge in [-0.2, -0.15) is 0 Å². The van der Waals surface area contributed by atoms with Crippen LogP contribution in [0.2, 0.25) is 0 Å². The van der Waals surface area contributed by atoms with E-state index in [2.05, 4.69) is 10.6 Å². The fourth-order valence-electron chi connectivity index (χ4n) is 2.57. The first-order valence-corrected chi connectivity index (χ1v) is 8.32. The number of hydrogen-bond donors (Lipinski definition) is 2. The highest BCUT2D eigenvalue weighted by molar-refractivity contribution is 5.97. The van der Waals surface area contributed by atoms with Gasteiger partial charge in [0.15, 0.2) is 0 Å². The molecule has 142 valence electrons. The summed E-state index contributed by atoms with van der Waals surface area (Å²) in [4.78, 5) is 24.9. The fraction of sp³-hybridized carbons (Fsp3) is 0.0476. The minimum absolute atomic E-state index is 0.227. The standard InChI is InChI=1S/C21H15F3N2O2/c22-14-11-9-13(10-12-14)19(25-20(27)15-5-1-3-7-17(15)23)26-21(28)16-6-2-4-8-18(16)24/h1-12,19H,(H,25,27)(H,26,28). The molecule has 3 rings (SSSR count). The smallest absolute Gasteiger partial charge is 0.256 e. The Morgan fingerprint density at radius 1 is 0.643 bits per heavy atom. The molecule has 28 heavy (non-hydrogen) atoms. The topological polar surface area (TPSA) is 58.2 Å². The lowest BCUT2D eigenvalue weighted by atomic mass is 10.1. The van der Waals surface area contributed by atoms with Gasteiger partial charge in [0.2, 0.25) is 0 Å². The van der Waals surface area contributed by atoms with Crippen molar-refractivity contribution in [1.29, 1.82) is 0 Å². The van der Waals surface area contributed by atoms with Gasteiger partial charge < -0.3 is 10.6 Å². The van der Waals surface area contributed by atoms with Gasteiger partial charge in [-0.15, -0.1) is 0 Å². The Bertz CT molecular complexity index is 947. The van der Waals surface area contributed by atoms with Gasteiger partial charge >= 0.3 is 0 Å². The van der Waals surface area contributed by atoms with Crippen LogP contribution in [0.1, 0.15) is 32.4 Å². The average Bonchev–Trinajstić information content (AvgIpc) is 2.68. The molecular formula is C21H15F3N2O2. The SMILES string of the molecule is O=C(NC(NC(=O)c1ccccc1F)c1ccc(F)cc1)c1ccccc1F. The largest absolute Gasteiger partial charge is 0.328 e. The number of benzene rings is 3. The lowest BCUT2D eigenvalue weighted by molar-refractivity contribution is 0.0879. The van der Waals surface area contributed by atoms with Crippen LogP contribution in [0.4, 0.5) is 13.2 Å². The molecule has 0 aliphatic carbocycles. The van der Waals surface area contributed by atoms with E-state index in [1.165, 1.54) is 48.5 Å². The summed E-state index contributed by atoms with van der Waals surface area (Å²) in [5.41, 5.74) is -0.125. The van der Waals surface area contributed by atoms with Crippen LogP contribution in [0.15, 0.2) is 72.8 Å². The third kappa shape index (κ3) is 4.37. The van der Waals surface area contributed by atoms with Gasteiger partial charge in [-0.05, 0) is 42.0 Å². The van der Waals surface area contributed by atoms with E-state index in [-0.39, 0.29) is 11.1 Å². The Kier molecular flexibility index (Phi) is 5.74. The molecule has 0 atom stereocenters. The zero-order valence-electron chi connectivity index (χ0n) is 14.5. The Labute approximate surface area is 159 Å². The number of rotatable bonds is 5. The van der Waals surface area contributed by atoms with Crippen molar-refractivity contribution >= 4 is 11.8 Å². The van der Waals surface area contributed by atoms with Crippen molar-refractivity contribution in [2.24, 2.45) is 0 Å². The summed E-state index contributed by atoms with van der Waals surface area (Å²) in [6.07, 6.45) is -1.14. The zero-order chi connectivity index (χ0) is 20.1. The van der Waals surface area contributed by atoms with Gasteiger partial charge in [-0.3, -0.25) is 9.59 Å². The van der Waals surface area contributed by atoms with Gasteiger partial charge in [0, 0.05) is 0 Å². The first-order valence-electron chi connectivity index (χ1n) is 8.32. The average molecular weight is 384 g/mol. The van der Waals surface area contributed by atoms with Crippen LogP contribution in [0.25, 0.3) is 0 Å². The maximum Gasteiger partial charge on any atom is 0.256 e. The predicted molar refractivity (Wildman–Crippen MR) is 96.9 cm³/mol. The second-order valence-corrected chi connectivity index (χ2v) is 5.89. The van der Waals surface area contributed by atoms with Crippen molar-refractivity contribution in [1.82, 2.24) is 10.6 Å². The summed E-state index contributed by atoms with van der Waals surface area (Å²) >= 11 is 0. The van der Waals surface area contributed by atoms with Crippen LogP contribution < -0.4 is 10.6 Å². The summed E-state index contributed by atoms with van der Waals surface area (Å²) in [6.45, 7) is 0. The maximum atomic E-state index is 13.9. The van der Waals surface area contributed by atoms with Gasteiger partial charge in [-0.1, -0.05) is 36.4 Å². The van der Waals surface area contributed by atoms with Crippen LogP contribution in [-0.4, -0.2) is 11.8 Å². The number of halogens is 3. The van der Waals surface area contributed by atoms with Crippen molar-refractivity contribution < 1.29 is 22.8 Å². The molecule has 0 saturated heterocycles. The second kappa shape index (κ2) is 8.39. The van der Waals surface area contributed by atoms with Crippen molar-refractivity contribution in [2.45, 2.75) is 6.17 Å². The van der Waals surface area contributed by atoms with Crippen LogP contribution >= 0.6 is 0 Å². The number of nitrogens with one attached hydrogen (secondary N) is 2. The summed E-state index contributed by atoms with van der Waals surface area (Å²) in [5, 5.41) is 4.95. The van der Waals surface area contributed by atoms with E-state index in [4.69, 9.17) is 0 Å². The third-order valence-corrected chi connectivity index (χ3v) is 3.99. The molecule has 0 fully saturated rings. The van der Waals surface area contributed by atoms with Gasteiger partial charge in [0.05, 0.1) is 11.1 Å². The van der Waals surface area contributed by atoms with Crippen LogP contribution in [0.5, 0.6) is 0 Å². The minimum Gasteiger partial charge on any atom is -0.328 e. The third-order valence-electron chi connectivity index (χ3n) is 3.99. The molecule has 4 nitrogen and oxygen atoms in total. The Morgan fingerprint density at radius 3 is 1.50 bits per heavy atom. The second-order valence-electron chi connectivity index (χ2n) is 5.89. The lowest BCUT2D eigenvalue weighted by Crippen LogP contribution is -2.41. The van der Waals surface area contributed by atoms with Crippen molar-refractivity contribution in [3.63, 3.8) is 0 Å². The van der Waals surface area contributed by atoms with Crippen LogP contribution in [0.3, 0.4) is 0 Å². The lowest BCUT2D eigenvalue weighted by Gasteiger charge is -2.21. The van der Waals surface area contributed by atoms with E-state index in [1.807, 2.05) is 0 Å². The molecule has 0 bridgehead atoms. The van der Waals surface area contributed by atoms with E-state index >= 15 is 0 Å². The van der Waals surface area contributed by atoms with Crippen LogP contribution in [-0.2, 0) is 0 Å². The van der Waals surface area contributed by atoms with E-state index < -0.39 is 35.4 Å². The first-order chi connectivity index (χ1) is 13.5. The molecule has 0 radical (unpaired) electrons. The minimum atomic E-state index is -1.14. The highest BCUT2D eigenvalue weighted by atomic mass is 19.1. The first kappa shape index (κ1) is 19.2. The van der Waals surface area contributed by atoms with Crippen molar-refractivity contribution in [3.8, 4) is 0 Å². The fourth-order valence-corrected chi connectivity index (χ4v) is 2.57. The summed E-state index contributed by atoms with van der Waals surface area (Å²) in [5.74, 6) is -3.57. The predicted octanol–water partition coefficient (Wildman–Crippen LogP) is 3.96. The molecule has 0 aliphatic heterocycles. The van der Waals surface area contributed by atoms with Gasteiger partial charge in [0.25, 0.3) is 11.8 Å². The Balaban J connectivity index is 1.88. The number of hydrogen-bond acceptors (Lipinski definition) is 2. The number of carbonyl (C=O) groups is 2. The molecule has 0 spiro atoms. The molecule has 7 heteroatoms. The Hall–Kier alpha value is -3.61. The Morgan fingerprint density at radius 2 is 1.07 bits per heavy atom. The monoisotopic (exact) mass is 384 g/mol. The number of carbonyl (C=O) groups excluding carboxylic acids is 2. The molecule has 0 aliphatic rings. The molecule has 0 aromatic heterocycles. The normalized spacial score (nSPS) is 10.6. The summed E-state index contributed by atoms with van der Waals surface area (Å²) in [6, 6.07) is 15.7. The van der Waals surface area contributed by atoms with E-state index in [0.717, 1.165) is 24.3 Å².